The lowest BCUT2D eigenvalue weighted by atomic mass is 10.2. The number of carbonyl (C=O) groups excluding carboxylic acids is 1. The number of para-hydroxylation sites is 1. The lowest BCUT2D eigenvalue weighted by molar-refractivity contribution is -0.117. The van der Waals surface area contributed by atoms with Crippen LogP contribution in [0.1, 0.15) is 6.92 Å². The Bertz CT molecular complexity index is 459. The normalized spacial score (nSPS) is 17.1. The molecule has 0 spiro atoms. The Hall–Kier alpha value is -1.30. The van der Waals surface area contributed by atoms with E-state index in [1.165, 1.54) is 0 Å². The van der Waals surface area contributed by atoms with Gasteiger partial charge in [-0.2, -0.15) is 0 Å². The lowest BCUT2D eigenvalue weighted by Gasteiger charge is -2.31. The summed E-state index contributed by atoms with van der Waals surface area (Å²) in [6, 6.07) is 4.89. The van der Waals surface area contributed by atoms with E-state index in [1.807, 2.05) is 18.2 Å². The third-order valence-corrected chi connectivity index (χ3v) is 3.29. The van der Waals surface area contributed by atoms with Crippen LogP contribution in [-0.2, 0) is 9.53 Å². The van der Waals surface area contributed by atoms with Crippen molar-refractivity contribution in [3.05, 3.63) is 23.2 Å². The zero-order valence-electron chi connectivity index (χ0n) is 10.9. The van der Waals surface area contributed by atoms with Gasteiger partial charge in [0.25, 0.3) is 0 Å². The number of anilines is 2. The molecule has 3 N–H and O–H groups in total. The van der Waals surface area contributed by atoms with E-state index in [4.69, 9.17) is 22.1 Å². The molecule has 1 aliphatic heterocycles. The van der Waals surface area contributed by atoms with Crippen LogP contribution in [0.25, 0.3) is 0 Å². The van der Waals surface area contributed by atoms with E-state index in [2.05, 4.69) is 10.2 Å². The smallest absolute Gasteiger partial charge is 0.241 e. The van der Waals surface area contributed by atoms with E-state index >= 15 is 0 Å². The first-order valence-electron chi connectivity index (χ1n) is 6.27. The summed E-state index contributed by atoms with van der Waals surface area (Å²) < 4.78 is 5.33. The predicted molar refractivity (Wildman–Crippen MR) is 76.8 cm³/mol. The van der Waals surface area contributed by atoms with E-state index in [9.17, 15) is 4.79 Å². The molecular weight excluding hydrogens is 266 g/mol. The Balaban J connectivity index is 2.27. The van der Waals surface area contributed by atoms with E-state index in [0.717, 1.165) is 18.8 Å². The third kappa shape index (κ3) is 3.37. The van der Waals surface area contributed by atoms with E-state index in [-0.39, 0.29) is 5.91 Å². The summed E-state index contributed by atoms with van der Waals surface area (Å²) in [7, 11) is 0. The molecule has 0 aromatic heterocycles. The number of rotatable bonds is 3. The number of halogens is 1. The molecule has 1 unspecified atom stereocenters. The summed E-state index contributed by atoms with van der Waals surface area (Å²) in [6.45, 7) is 4.47. The van der Waals surface area contributed by atoms with Crippen LogP contribution in [0.3, 0.4) is 0 Å². The Morgan fingerprint density at radius 3 is 2.79 bits per heavy atom. The largest absolute Gasteiger partial charge is 0.378 e. The molecule has 1 atom stereocenters. The fraction of sp³-hybridized carbons (Fsp3) is 0.462. The number of nitrogens with two attached hydrogens (primary N) is 1. The molecule has 0 saturated carbocycles. The van der Waals surface area contributed by atoms with Gasteiger partial charge in [-0.05, 0) is 19.1 Å². The second-order valence-corrected chi connectivity index (χ2v) is 4.92. The van der Waals surface area contributed by atoms with E-state index in [1.54, 1.807) is 6.92 Å². The molecule has 1 amide bonds. The van der Waals surface area contributed by atoms with Crippen LogP contribution in [0.5, 0.6) is 0 Å². The van der Waals surface area contributed by atoms with Gasteiger partial charge < -0.3 is 20.7 Å². The molecule has 1 saturated heterocycles. The minimum absolute atomic E-state index is 0.225. The molecule has 104 valence electrons. The van der Waals surface area contributed by atoms with Crippen LogP contribution in [0.2, 0.25) is 5.02 Å². The Morgan fingerprint density at radius 2 is 2.16 bits per heavy atom. The van der Waals surface area contributed by atoms with Gasteiger partial charge in [0.05, 0.1) is 35.7 Å². The second-order valence-electron chi connectivity index (χ2n) is 4.51. The predicted octanol–water partition coefficient (Wildman–Crippen LogP) is 1.46. The van der Waals surface area contributed by atoms with Crippen LogP contribution in [0.4, 0.5) is 11.4 Å². The molecule has 1 heterocycles. The fourth-order valence-corrected chi connectivity index (χ4v) is 2.27. The topological polar surface area (TPSA) is 67.6 Å². The average Bonchev–Trinajstić information content (AvgIpc) is 2.39. The minimum Gasteiger partial charge on any atom is -0.378 e. The number of benzene rings is 1. The molecule has 0 bridgehead atoms. The number of amides is 1. The second kappa shape index (κ2) is 6.23. The molecule has 0 aliphatic carbocycles. The van der Waals surface area contributed by atoms with Gasteiger partial charge in [0.2, 0.25) is 5.91 Å². The first kappa shape index (κ1) is 14.1. The summed E-state index contributed by atoms with van der Waals surface area (Å²) in [4.78, 5) is 13.8. The van der Waals surface area contributed by atoms with Gasteiger partial charge in [0.1, 0.15) is 0 Å². The van der Waals surface area contributed by atoms with Crippen molar-refractivity contribution in [2.75, 3.05) is 36.5 Å². The standard InChI is InChI=1S/C13H18ClN3O2/c1-9(15)13(18)16-11-4-2-3-10(14)12(11)17-5-7-19-8-6-17/h2-4,9H,5-8,15H2,1H3,(H,16,18). The van der Waals surface area contributed by atoms with Gasteiger partial charge in [0, 0.05) is 13.1 Å². The SMILES string of the molecule is CC(N)C(=O)Nc1cccc(Cl)c1N1CCOCC1. The van der Waals surface area contributed by atoms with Gasteiger partial charge in [-0.25, -0.2) is 0 Å². The van der Waals surface area contributed by atoms with Crippen molar-refractivity contribution in [2.24, 2.45) is 5.73 Å². The summed E-state index contributed by atoms with van der Waals surface area (Å²) >= 11 is 6.26. The van der Waals surface area contributed by atoms with E-state index in [0.29, 0.717) is 23.9 Å². The quantitative estimate of drug-likeness (QED) is 0.881. The fourth-order valence-electron chi connectivity index (χ4n) is 1.97. The highest BCUT2D eigenvalue weighted by molar-refractivity contribution is 6.34. The summed E-state index contributed by atoms with van der Waals surface area (Å²) in [5.74, 6) is -0.225. The van der Waals surface area contributed by atoms with Crippen LogP contribution in [0, 0.1) is 0 Å². The summed E-state index contributed by atoms with van der Waals surface area (Å²) in [6.07, 6.45) is 0. The number of morpholine rings is 1. The molecule has 2 rings (SSSR count). The average molecular weight is 284 g/mol. The highest BCUT2D eigenvalue weighted by Gasteiger charge is 2.19. The van der Waals surface area contributed by atoms with Crippen LogP contribution in [0.15, 0.2) is 18.2 Å². The summed E-state index contributed by atoms with van der Waals surface area (Å²) in [5.41, 5.74) is 7.10. The highest BCUT2D eigenvalue weighted by Crippen LogP contribution is 2.34. The zero-order chi connectivity index (χ0) is 13.8. The minimum atomic E-state index is -0.559. The lowest BCUT2D eigenvalue weighted by Crippen LogP contribution is -2.38. The maximum atomic E-state index is 11.7. The number of hydrogen-bond acceptors (Lipinski definition) is 4. The van der Waals surface area contributed by atoms with Crippen molar-refractivity contribution < 1.29 is 9.53 Å². The number of nitrogens with zero attached hydrogens (tertiary/aromatic N) is 1. The van der Waals surface area contributed by atoms with Gasteiger partial charge in [-0.1, -0.05) is 17.7 Å². The Kier molecular flexibility index (Phi) is 4.63. The first-order chi connectivity index (χ1) is 9.09. The van der Waals surface area contributed by atoms with Crippen molar-refractivity contribution in [1.29, 1.82) is 0 Å². The first-order valence-corrected chi connectivity index (χ1v) is 6.65. The maximum Gasteiger partial charge on any atom is 0.241 e. The molecule has 0 radical (unpaired) electrons. The molecule has 1 fully saturated rings. The molecule has 1 aromatic carbocycles. The zero-order valence-corrected chi connectivity index (χ0v) is 11.6. The molecule has 5 nitrogen and oxygen atoms in total. The van der Waals surface area contributed by atoms with Crippen molar-refractivity contribution in [1.82, 2.24) is 0 Å². The van der Waals surface area contributed by atoms with Crippen LogP contribution in [-0.4, -0.2) is 38.3 Å². The van der Waals surface area contributed by atoms with Crippen molar-refractivity contribution in [3.63, 3.8) is 0 Å². The Morgan fingerprint density at radius 1 is 1.47 bits per heavy atom. The van der Waals surface area contributed by atoms with Crippen LogP contribution < -0.4 is 16.0 Å². The monoisotopic (exact) mass is 283 g/mol. The molecule has 1 aliphatic rings. The van der Waals surface area contributed by atoms with Crippen molar-refractivity contribution in [3.8, 4) is 0 Å². The van der Waals surface area contributed by atoms with Gasteiger partial charge in [0.15, 0.2) is 0 Å². The Labute approximate surface area is 117 Å². The number of carbonyl (C=O) groups is 1. The summed E-state index contributed by atoms with van der Waals surface area (Å²) in [5, 5.41) is 3.43. The molecular formula is C13H18ClN3O2. The van der Waals surface area contributed by atoms with Gasteiger partial charge in [-0.15, -0.1) is 0 Å². The third-order valence-electron chi connectivity index (χ3n) is 2.99. The van der Waals surface area contributed by atoms with Crippen molar-refractivity contribution >= 4 is 28.9 Å². The van der Waals surface area contributed by atoms with Gasteiger partial charge >= 0.3 is 0 Å². The van der Waals surface area contributed by atoms with Crippen molar-refractivity contribution in [2.45, 2.75) is 13.0 Å². The highest BCUT2D eigenvalue weighted by atomic mass is 35.5. The van der Waals surface area contributed by atoms with Crippen LogP contribution >= 0.6 is 11.6 Å². The molecule has 19 heavy (non-hydrogen) atoms. The number of nitrogens with one attached hydrogen (secondary N) is 1. The van der Waals surface area contributed by atoms with E-state index < -0.39 is 6.04 Å². The number of hydrogen-bond donors (Lipinski definition) is 2. The number of ether oxygens (including phenoxy) is 1. The maximum absolute atomic E-state index is 11.7. The molecule has 6 heteroatoms. The van der Waals surface area contributed by atoms with Gasteiger partial charge in [-0.3, -0.25) is 4.79 Å². The molecule has 1 aromatic rings.